The van der Waals surface area contributed by atoms with Crippen molar-refractivity contribution in [3.8, 4) is 0 Å². The van der Waals surface area contributed by atoms with Gasteiger partial charge in [0.1, 0.15) is 0 Å². The van der Waals surface area contributed by atoms with Crippen LogP contribution in [0.2, 0.25) is 0 Å². The van der Waals surface area contributed by atoms with E-state index in [4.69, 9.17) is 0 Å². The summed E-state index contributed by atoms with van der Waals surface area (Å²) >= 11 is 0. The van der Waals surface area contributed by atoms with E-state index in [9.17, 15) is 9.18 Å². The highest BCUT2D eigenvalue weighted by atomic mass is 19.1. The summed E-state index contributed by atoms with van der Waals surface area (Å²) in [7, 11) is 1.69. The van der Waals surface area contributed by atoms with Gasteiger partial charge in [0.05, 0.1) is 18.2 Å². The number of carbonyl (C=O) groups is 1. The first-order valence-corrected chi connectivity index (χ1v) is 6.45. The molecule has 7 heteroatoms. The van der Waals surface area contributed by atoms with Crippen molar-refractivity contribution in [1.29, 1.82) is 0 Å². The van der Waals surface area contributed by atoms with Crippen LogP contribution in [-0.4, -0.2) is 42.1 Å². The summed E-state index contributed by atoms with van der Waals surface area (Å²) in [5.41, 5.74) is 0. The number of fused-ring (bicyclic) bond motifs is 1. The highest BCUT2D eigenvalue weighted by molar-refractivity contribution is 5.83. The molecule has 2 aliphatic heterocycles. The number of nitrogens with zero attached hydrogens (tertiary/aromatic N) is 3. The molecule has 2 N–H and O–H groups in total. The molecule has 3 rings (SSSR count). The molecular weight excluding hydrogens is 249 g/mol. The minimum Gasteiger partial charge on any atom is -0.357 e. The summed E-state index contributed by atoms with van der Waals surface area (Å²) in [6.45, 7) is 1.27. The Morgan fingerprint density at radius 2 is 2.42 bits per heavy atom. The molecule has 0 aromatic carbocycles. The second kappa shape index (κ2) is 4.64. The lowest BCUT2D eigenvalue weighted by Crippen LogP contribution is -2.46. The van der Waals surface area contributed by atoms with E-state index in [0.29, 0.717) is 19.0 Å². The highest BCUT2D eigenvalue weighted by Crippen LogP contribution is 2.31. The predicted molar refractivity (Wildman–Crippen MR) is 68.4 cm³/mol. The fraction of sp³-hybridized carbons (Fsp3) is 0.583. The number of piperidine rings is 1. The van der Waals surface area contributed by atoms with Gasteiger partial charge in [-0.05, 0) is 12.8 Å². The monoisotopic (exact) mass is 265 g/mol. The van der Waals surface area contributed by atoms with E-state index >= 15 is 0 Å². The smallest absolute Gasteiger partial charge is 0.225 e. The molecule has 0 saturated carbocycles. The standard InChI is InChI=1S/C12H16FN5O/c1-14-12-16-5-8(13)10(17-12)18-4-2-3-7-9(18)6-15-11(7)19/h5,7,9H,2-4,6H2,1H3,(H,15,19)(H,14,16,17). The van der Waals surface area contributed by atoms with Crippen LogP contribution in [0.4, 0.5) is 16.2 Å². The van der Waals surface area contributed by atoms with E-state index in [-0.39, 0.29) is 23.7 Å². The number of carbonyl (C=O) groups excluding carboxylic acids is 1. The molecule has 1 amide bonds. The van der Waals surface area contributed by atoms with Gasteiger partial charge in [-0.2, -0.15) is 4.98 Å². The molecule has 2 fully saturated rings. The molecule has 2 aliphatic rings. The maximum absolute atomic E-state index is 13.9. The van der Waals surface area contributed by atoms with Crippen molar-refractivity contribution in [3.63, 3.8) is 0 Å². The summed E-state index contributed by atoms with van der Waals surface area (Å²) in [5, 5.41) is 5.65. The maximum atomic E-state index is 13.9. The van der Waals surface area contributed by atoms with Crippen LogP contribution in [0.1, 0.15) is 12.8 Å². The molecular formula is C12H16FN5O. The van der Waals surface area contributed by atoms with Crippen molar-refractivity contribution in [2.45, 2.75) is 18.9 Å². The zero-order chi connectivity index (χ0) is 13.4. The fourth-order valence-corrected chi connectivity index (χ4v) is 2.89. The van der Waals surface area contributed by atoms with E-state index in [2.05, 4.69) is 20.6 Å². The number of nitrogens with one attached hydrogen (secondary N) is 2. The number of halogens is 1. The predicted octanol–water partition coefficient (Wildman–Crippen LogP) is 0.372. The zero-order valence-electron chi connectivity index (χ0n) is 10.7. The summed E-state index contributed by atoms with van der Waals surface area (Å²) in [4.78, 5) is 21.6. The maximum Gasteiger partial charge on any atom is 0.225 e. The number of hydrogen-bond acceptors (Lipinski definition) is 5. The van der Waals surface area contributed by atoms with Gasteiger partial charge >= 0.3 is 0 Å². The van der Waals surface area contributed by atoms with Crippen molar-refractivity contribution < 1.29 is 9.18 Å². The molecule has 0 spiro atoms. The fourth-order valence-electron chi connectivity index (χ4n) is 2.89. The third-order valence-electron chi connectivity index (χ3n) is 3.82. The van der Waals surface area contributed by atoms with Crippen molar-refractivity contribution >= 4 is 17.7 Å². The van der Waals surface area contributed by atoms with Crippen molar-refractivity contribution in [2.75, 3.05) is 30.4 Å². The van der Waals surface area contributed by atoms with Crippen LogP contribution >= 0.6 is 0 Å². The Hall–Kier alpha value is -1.92. The number of anilines is 2. The van der Waals surface area contributed by atoms with Gasteiger partial charge in [0.25, 0.3) is 0 Å². The van der Waals surface area contributed by atoms with E-state index in [1.807, 2.05) is 4.90 Å². The highest BCUT2D eigenvalue weighted by Gasteiger charge is 2.42. The Labute approximate surface area is 110 Å². The Bertz CT molecular complexity index is 509. The van der Waals surface area contributed by atoms with Gasteiger partial charge < -0.3 is 15.5 Å². The van der Waals surface area contributed by atoms with Gasteiger partial charge in [0.15, 0.2) is 11.6 Å². The van der Waals surface area contributed by atoms with Crippen LogP contribution < -0.4 is 15.5 Å². The molecule has 1 aromatic rings. The van der Waals surface area contributed by atoms with E-state index in [1.165, 1.54) is 6.20 Å². The Morgan fingerprint density at radius 1 is 1.58 bits per heavy atom. The molecule has 102 valence electrons. The van der Waals surface area contributed by atoms with E-state index < -0.39 is 5.82 Å². The Kier molecular flexibility index (Phi) is 2.96. The van der Waals surface area contributed by atoms with E-state index in [0.717, 1.165) is 12.8 Å². The molecule has 0 aliphatic carbocycles. The van der Waals surface area contributed by atoms with Gasteiger partial charge in [0, 0.05) is 20.1 Å². The van der Waals surface area contributed by atoms with Gasteiger partial charge in [-0.25, -0.2) is 9.37 Å². The topological polar surface area (TPSA) is 70.2 Å². The Morgan fingerprint density at radius 3 is 3.21 bits per heavy atom. The quantitative estimate of drug-likeness (QED) is 0.808. The number of amides is 1. The van der Waals surface area contributed by atoms with Crippen LogP contribution in [0, 0.1) is 11.7 Å². The van der Waals surface area contributed by atoms with Gasteiger partial charge in [-0.1, -0.05) is 0 Å². The number of hydrogen-bond donors (Lipinski definition) is 2. The first kappa shape index (κ1) is 12.1. The largest absolute Gasteiger partial charge is 0.357 e. The molecule has 2 atom stereocenters. The molecule has 0 bridgehead atoms. The molecule has 19 heavy (non-hydrogen) atoms. The van der Waals surface area contributed by atoms with Gasteiger partial charge in [-0.15, -0.1) is 0 Å². The SMILES string of the molecule is CNc1ncc(F)c(N2CCCC3C(=O)NCC32)n1. The lowest BCUT2D eigenvalue weighted by atomic mass is 9.91. The third kappa shape index (κ3) is 1.98. The van der Waals surface area contributed by atoms with Crippen LogP contribution in [-0.2, 0) is 4.79 Å². The van der Waals surface area contributed by atoms with Crippen molar-refractivity contribution in [1.82, 2.24) is 15.3 Å². The van der Waals surface area contributed by atoms with Crippen LogP contribution in [0.15, 0.2) is 6.20 Å². The van der Waals surface area contributed by atoms with Crippen LogP contribution in [0.25, 0.3) is 0 Å². The lowest BCUT2D eigenvalue weighted by molar-refractivity contribution is -0.123. The van der Waals surface area contributed by atoms with Crippen LogP contribution in [0.3, 0.4) is 0 Å². The summed E-state index contributed by atoms with van der Waals surface area (Å²) in [6, 6.07) is -0.00430. The molecule has 2 saturated heterocycles. The minimum absolute atomic E-state index is 0.00430. The van der Waals surface area contributed by atoms with Crippen molar-refractivity contribution in [2.24, 2.45) is 5.92 Å². The minimum atomic E-state index is -0.445. The lowest BCUT2D eigenvalue weighted by Gasteiger charge is -2.36. The molecule has 3 heterocycles. The molecule has 6 nitrogen and oxygen atoms in total. The van der Waals surface area contributed by atoms with Gasteiger partial charge in [0.2, 0.25) is 11.9 Å². The second-order valence-corrected chi connectivity index (χ2v) is 4.87. The molecule has 2 unspecified atom stereocenters. The first-order chi connectivity index (χ1) is 9.20. The number of aromatic nitrogens is 2. The molecule has 1 aromatic heterocycles. The van der Waals surface area contributed by atoms with Crippen molar-refractivity contribution in [3.05, 3.63) is 12.0 Å². The third-order valence-corrected chi connectivity index (χ3v) is 3.82. The van der Waals surface area contributed by atoms with Gasteiger partial charge in [-0.3, -0.25) is 4.79 Å². The normalized spacial score (nSPS) is 26.0. The summed E-state index contributed by atoms with van der Waals surface area (Å²) in [6.07, 6.45) is 2.90. The summed E-state index contributed by atoms with van der Waals surface area (Å²) in [5.74, 6) is 0.236. The Balaban J connectivity index is 1.94. The number of rotatable bonds is 2. The zero-order valence-corrected chi connectivity index (χ0v) is 10.7. The summed E-state index contributed by atoms with van der Waals surface area (Å²) < 4.78 is 13.9. The van der Waals surface area contributed by atoms with E-state index in [1.54, 1.807) is 7.05 Å². The first-order valence-electron chi connectivity index (χ1n) is 6.45. The average molecular weight is 265 g/mol. The van der Waals surface area contributed by atoms with Crippen LogP contribution in [0.5, 0.6) is 0 Å². The average Bonchev–Trinajstić information content (AvgIpc) is 2.81. The second-order valence-electron chi connectivity index (χ2n) is 4.87. The molecule has 0 radical (unpaired) electrons.